The number of hydrogen-bond donors (Lipinski definition) is 0. The molecule has 9 heteroatoms. The fourth-order valence-electron chi connectivity index (χ4n) is 3.85. The molecule has 2 aliphatic rings. The van der Waals surface area contributed by atoms with Crippen molar-refractivity contribution in [2.75, 3.05) is 18.0 Å². The SMILES string of the molecule is Cc1cc(N2CCC(c3noc(C4CC4)n3)CC2)nc(-c2ccc([N+](=O)[O-])cc2)n1. The van der Waals surface area contributed by atoms with Crippen LogP contribution in [0.1, 0.15) is 54.9 Å². The van der Waals surface area contributed by atoms with Crippen molar-refractivity contribution in [3.63, 3.8) is 0 Å². The van der Waals surface area contributed by atoms with Crippen molar-refractivity contribution < 1.29 is 9.45 Å². The Hall–Kier alpha value is -3.36. The number of nitro groups is 1. The van der Waals surface area contributed by atoms with Gasteiger partial charge in [-0.1, -0.05) is 5.16 Å². The highest BCUT2D eigenvalue weighted by atomic mass is 16.6. The van der Waals surface area contributed by atoms with E-state index in [4.69, 9.17) is 9.51 Å². The Labute approximate surface area is 173 Å². The smallest absolute Gasteiger partial charge is 0.269 e. The van der Waals surface area contributed by atoms with Gasteiger partial charge in [0, 0.05) is 54.4 Å². The van der Waals surface area contributed by atoms with E-state index in [2.05, 4.69) is 20.0 Å². The zero-order valence-corrected chi connectivity index (χ0v) is 16.7. The number of hydrogen-bond acceptors (Lipinski definition) is 8. The third-order valence-electron chi connectivity index (χ3n) is 5.75. The minimum Gasteiger partial charge on any atom is -0.356 e. The number of aryl methyl sites for hydroxylation is 1. The minimum absolute atomic E-state index is 0.0556. The molecule has 0 N–H and O–H groups in total. The first-order valence-electron chi connectivity index (χ1n) is 10.3. The van der Waals surface area contributed by atoms with Gasteiger partial charge in [0.05, 0.1) is 4.92 Å². The van der Waals surface area contributed by atoms with Crippen molar-refractivity contribution in [3.8, 4) is 11.4 Å². The summed E-state index contributed by atoms with van der Waals surface area (Å²) in [5.41, 5.74) is 1.68. The van der Waals surface area contributed by atoms with E-state index in [0.29, 0.717) is 17.7 Å². The van der Waals surface area contributed by atoms with Gasteiger partial charge in [-0.2, -0.15) is 4.98 Å². The molecule has 1 aliphatic heterocycles. The van der Waals surface area contributed by atoms with E-state index >= 15 is 0 Å². The first kappa shape index (κ1) is 18.7. The summed E-state index contributed by atoms with van der Waals surface area (Å²) in [5.74, 6) is 3.88. The molecule has 0 radical (unpaired) electrons. The van der Waals surface area contributed by atoms with E-state index in [1.54, 1.807) is 12.1 Å². The van der Waals surface area contributed by atoms with Gasteiger partial charge in [0.15, 0.2) is 11.6 Å². The van der Waals surface area contributed by atoms with Crippen LogP contribution in [0.4, 0.5) is 11.5 Å². The van der Waals surface area contributed by atoms with Gasteiger partial charge in [-0.15, -0.1) is 0 Å². The van der Waals surface area contributed by atoms with Crippen LogP contribution in [0.15, 0.2) is 34.9 Å². The number of benzene rings is 1. The Morgan fingerprint density at radius 2 is 1.77 bits per heavy atom. The van der Waals surface area contributed by atoms with Gasteiger partial charge in [-0.05, 0) is 44.7 Å². The van der Waals surface area contributed by atoms with Gasteiger partial charge < -0.3 is 9.42 Å². The molecule has 3 heterocycles. The van der Waals surface area contributed by atoms with Crippen LogP contribution in [0.2, 0.25) is 0 Å². The van der Waals surface area contributed by atoms with E-state index in [0.717, 1.165) is 67.6 Å². The lowest BCUT2D eigenvalue weighted by molar-refractivity contribution is -0.384. The van der Waals surface area contributed by atoms with Gasteiger partial charge in [0.25, 0.3) is 5.69 Å². The lowest BCUT2D eigenvalue weighted by Crippen LogP contribution is -2.34. The molecule has 0 spiro atoms. The molecule has 3 aromatic rings. The second-order valence-electron chi connectivity index (χ2n) is 8.02. The summed E-state index contributed by atoms with van der Waals surface area (Å²) in [6.07, 6.45) is 4.20. The topological polar surface area (TPSA) is 111 Å². The summed E-state index contributed by atoms with van der Waals surface area (Å²) in [6.45, 7) is 3.65. The van der Waals surface area contributed by atoms with E-state index < -0.39 is 4.92 Å². The second kappa shape index (κ2) is 7.47. The summed E-state index contributed by atoms with van der Waals surface area (Å²) < 4.78 is 5.42. The van der Waals surface area contributed by atoms with E-state index in [9.17, 15) is 10.1 Å². The summed E-state index contributed by atoms with van der Waals surface area (Å²) in [5, 5.41) is 15.1. The maximum Gasteiger partial charge on any atom is 0.269 e. The molecule has 5 rings (SSSR count). The van der Waals surface area contributed by atoms with Crippen LogP contribution < -0.4 is 4.90 Å². The predicted molar refractivity (Wildman–Crippen MR) is 109 cm³/mol. The van der Waals surface area contributed by atoms with Crippen LogP contribution in [0.5, 0.6) is 0 Å². The summed E-state index contributed by atoms with van der Waals surface area (Å²) in [4.78, 5) is 26.6. The van der Waals surface area contributed by atoms with Crippen molar-refractivity contribution in [3.05, 3.63) is 57.9 Å². The van der Waals surface area contributed by atoms with Crippen molar-refractivity contribution in [1.82, 2.24) is 20.1 Å². The molecule has 2 fully saturated rings. The zero-order valence-electron chi connectivity index (χ0n) is 16.7. The monoisotopic (exact) mass is 406 g/mol. The third kappa shape index (κ3) is 3.74. The van der Waals surface area contributed by atoms with E-state index in [1.807, 2.05) is 13.0 Å². The Kier molecular flexibility index (Phi) is 4.65. The molecule has 30 heavy (non-hydrogen) atoms. The fourth-order valence-corrected chi connectivity index (χ4v) is 3.85. The molecule has 1 saturated heterocycles. The predicted octanol–water partition coefficient (Wildman–Crippen LogP) is 4.00. The number of rotatable bonds is 5. The number of nitrogens with zero attached hydrogens (tertiary/aromatic N) is 6. The molecular formula is C21H22N6O3. The van der Waals surface area contributed by atoms with Crippen LogP contribution in [-0.2, 0) is 0 Å². The maximum absolute atomic E-state index is 10.9. The van der Waals surface area contributed by atoms with Crippen molar-refractivity contribution >= 4 is 11.5 Å². The largest absolute Gasteiger partial charge is 0.356 e. The number of piperidine rings is 1. The lowest BCUT2D eigenvalue weighted by Gasteiger charge is -2.31. The zero-order chi connectivity index (χ0) is 20.7. The molecule has 2 aromatic heterocycles. The Balaban J connectivity index is 1.30. The first-order valence-corrected chi connectivity index (χ1v) is 10.3. The van der Waals surface area contributed by atoms with Crippen molar-refractivity contribution in [1.29, 1.82) is 0 Å². The van der Waals surface area contributed by atoms with Gasteiger partial charge in [-0.25, -0.2) is 9.97 Å². The van der Waals surface area contributed by atoms with Crippen LogP contribution >= 0.6 is 0 Å². The number of anilines is 1. The molecule has 1 aromatic carbocycles. The molecule has 0 atom stereocenters. The van der Waals surface area contributed by atoms with Gasteiger partial charge in [0.1, 0.15) is 5.82 Å². The Morgan fingerprint density at radius 3 is 2.43 bits per heavy atom. The maximum atomic E-state index is 10.9. The third-order valence-corrected chi connectivity index (χ3v) is 5.75. The number of non-ortho nitro benzene ring substituents is 1. The molecule has 0 unspecified atom stereocenters. The van der Waals surface area contributed by atoms with E-state index in [-0.39, 0.29) is 5.69 Å². The molecule has 1 aliphatic carbocycles. The summed E-state index contributed by atoms with van der Waals surface area (Å²) in [6, 6.07) is 8.32. The molecule has 1 saturated carbocycles. The molecule has 0 bridgehead atoms. The fraction of sp³-hybridized carbons (Fsp3) is 0.429. The average molecular weight is 406 g/mol. The lowest BCUT2D eigenvalue weighted by atomic mass is 9.96. The molecule has 154 valence electrons. The van der Waals surface area contributed by atoms with Crippen LogP contribution in [0, 0.1) is 17.0 Å². The Bertz CT molecular complexity index is 1070. The highest BCUT2D eigenvalue weighted by molar-refractivity contribution is 5.60. The average Bonchev–Trinajstić information content (AvgIpc) is 3.50. The highest BCUT2D eigenvalue weighted by Crippen LogP contribution is 2.40. The van der Waals surface area contributed by atoms with Gasteiger partial charge in [0.2, 0.25) is 5.89 Å². The molecule has 0 amide bonds. The molecule has 9 nitrogen and oxygen atoms in total. The van der Waals surface area contributed by atoms with Crippen LogP contribution in [0.25, 0.3) is 11.4 Å². The summed E-state index contributed by atoms with van der Waals surface area (Å²) in [7, 11) is 0. The highest BCUT2D eigenvalue weighted by Gasteiger charge is 2.32. The first-order chi connectivity index (χ1) is 14.6. The minimum atomic E-state index is -0.409. The van der Waals surface area contributed by atoms with Crippen molar-refractivity contribution in [2.24, 2.45) is 0 Å². The quantitative estimate of drug-likeness (QED) is 0.462. The standard InChI is InChI=1S/C21H22N6O3/c1-13-12-18(23-19(22-13)14-4-6-17(7-5-14)27(28)29)26-10-8-15(9-11-26)20-24-21(30-25-20)16-2-3-16/h4-7,12,15-16H,2-3,8-11H2,1H3. The van der Waals surface area contributed by atoms with Crippen molar-refractivity contribution in [2.45, 2.75) is 44.4 Å². The number of aromatic nitrogens is 4. The molecular weight excluding hydrogens is 384 g/mol. The van der Waals surface area contributed by atoms with E-state index in [1.165, 1.54) is 12.1 Å². The van der Waals surface area contributed by atoms with Crippen LogP contribution in [-0.4, -0.2) is 38.1 Å². The van der Waals surface area contributed by atoms with Gasteiger partial charge >= 0.3 is 0 Å². The number of nitro benzene ring substituents is 1. The van der Waals surface area contributed by atoms with Gasteiger partial charge in [-0.3, -0.25) is 10.1 Å². The summed E-state index contributed by atoms with van der Waals surface area (Å²) >= 11 is 0. The second-order valence-corrected chi connectivity index (χ2v) is 8.02. The Morgan fingerprint density at radius 1 is 1.03 bits per heavy atom. The van der Waals surface area contributed by atoms with Crippen LogP contribution in [0.3, 0.4) is 0 Å². The normalized spacial score (nSPS) is 17.3.